The second kappa shape index (κ2) is 7.63. The van der Waals surface area contributed by atoms with Crippen molar-refractivity contribution in [1.29, 1.82) is 0 Å². The summed E-state index contributed by atoms with van der Waals surface area (Å²) in [5.74, 6) is 0. The monoisotopic (exact) mass is 434 g/mol. The third-order valence-electron chi connectivity index (χ3n) is 5.52. The van der Waals surface area contributed by atoms with E-state index < -0.39 is 0 Å². The molecule has 0 aromatic heterocycles. The SMILES string of the molecule is Cc1cc(C)cc(N[C@@H]2C[C@@H](c3ccc(Br)cc3)Nc3cc(C)cc(C)c32)c1. The highest BCUT2D eigenvalue weighted by Gasteiger charge is 2.29. The number of anilines is 2. The van der Waals surface area contributed by atoms with Crippen molar-refractivity contribution >= 4 is 27.3 Å². The number of benzene rings is 3. The lowest BCUT2D eigenvalue weighted by Gasteiger charge is -2.36. The first-order valence-corrected chi connectivity index (χ1v) is 10.7. The Morgan fingerprint density at radius 2 is 1.50 bits per heavy atom. The van der Waals surface area contributed by atoms with E-state index in [1.165, 1.54) is 44.8 Å². The Hall–Kier alpha value is -2.26. The molecule has 2 nitrogen and oxygen atoms in total. The molecule has 144 valence electrons. The van der Waals surface area contributed by atoms with Gasteiger partial charge >= 0.3 is 0 Å². The lowest BCUT2D eigenvalue weighted by atomic mass is 9.86. The average Bonchev–Trinajstić information content (AvgIpc) is 2.60. The highest BCUT2D eigenvalue weighted by molar-refractivity contribution is 9.10. The molecule has 3 aromatic carbocycles. The van der Waals surface area contributed by atoms with Gasteiger partial charge in [-0.15, -0.1) is 0 Å². The first-order valence-electron chi connectivity index (χ1n) is 9.87. The van der Waals surface area contributed by atoms with E-state index in [0.717, 1.165) is 10.9 Å². The van der Waals surface area contributed by atoms with Crippen LogP contribution in [-0.4, -0.2) is 0 Å². The Bertz CT molecular complexity index is 988. The van der Waals surface area contributed by atoms with Gasteiger partial charge in [0.15, 0.2) is 0 Å². The van der Waals surface area contributed by atoms with Gasteiger partial charge in [0.1, 0.15) is 0 Å². The van der Waals surface area contributed by atoms with Crippen molar-refractivity contribution in [2.75, 3.05) is 10.6 Å². The molecular formula is C25H27BrN2. The lowest BCUT2D eigenvalue weighted by molar-refractivity contribution is 0.586. The topological polar surface area (TPSA) is 24.1 Å². The van der Waals surface area contributed by atoms with Gasteiger partial charge in [-0.05, 0) is 92.3 Å². The molecule has 1 aliphatic heterocycles. The summed E-state index contributed by atoms with van der Waals surface area (Å²) < 4.78 is 1.11. The fraction of sp³-hybridized carbons (Fsp3) is 0.280. The van der Waals surface area contributed by atoms with E-state index in [9.17, 15) is 0 Å². The lowest BCUT2D eigenvalue weighted by Crippen LogP contribution is -2.26. The van der Waals surface area contributed by atoms with Crippen molar-refractivity contribution in [2.24, 2.45) is 0 Å². The van der Waals surface area contributed by atoms with E-state index in [4.69, 9.17) is 0 Å². The van der Waals surface area contributed by atoms with Crippen LogP contribution in [0.3, 0.4) is 0 Å². The maximum Gasteiger partial charge on any atom is 0.0559 e. The Balaban J connectivity index is 1.74. The summed E-state index contributed by atoms with van der Waals surface area (Å²) in [7, 11) is 0. The highest BCUT2D eigenvalue weighted by Crippen LogP contribution is 2.43. The first kappa shape index (κ1) is 19.1. The van der Waals surface area contributed by atoms with E-state index in [0.29, 0.717) is 0 Å². The van der Waals surface area contributed by atoms with Gasteiger partial charge in [0.2, 0.25) is 0 Å². The summed E-state index contributed by atoms with van der Waals surface area (Å²) in [6.07, 6.45) is 1.01. The Morgan fingerprint density at radius 3 is 2.18 bits per heavy atom. The molecule has 0 fully saturated rings. The predicted octanol–water partition coefficient (Wildman–Crippen LogP) is 7.39. The molecule has 0 bridgehead atoms. The van der Waals surface area contributed by atoms with Crippen LogP contribution in [0.15, 0.2) is 59.1 Å². The van der Waals surface area contributed by atoms with Crippen LogP contribution in [0.5, 0.6) is 0 Å². The Morgan fingerprint density at radius 1 is 0.857 bits per heavy atom. The number of hydrogen-bond donors (Lipinski definition) is 2. The van der Waals surface area contributed by atoms with Crippen LogP contribution in [0.2, 0.25) is 0 Å². The van der Waals surface area contributed by atoms with Crippen molar-refractivity contribution in [3.63, 3.8) is 0 Å². The molecule has 1 heterocycles. The minimum absolute atomic E-state index is 0.270. The zero-order valence-corrected chi connectivity index (χ0v) is 18.5. The van der Waals surface area contributed by atoms with Crippen molar-refractivity contribution < 1.29 is 0 Å². The molecule has 0 amide bonds. The molecule has 0 aliphatic carbocycles. The molecule has 4 rings (SSSR count). The van der Waals surface area contributed by atoms with E-state index in [1.807, 2.05) is 0 Å². The normalized spacial score (nSPS) is 18.3. The number of halogens is 1. The molecule has 2 N–H and O–H groups in total. The molecule has 3 aromatic rings. The van der Waals surface area contributed by atoms with Gasteiger partial charge in [-0.2, -0.15) is 0 Å². The fourth-order valence-corrected chi connectivity index (χ4v) is 4.73. The maximum atomic E-state index is 3.84. The minimum atomic E-state index is 0.270. The summed E-state index contributed by atoms with van der Waals surface area (Å²) in [4.78, 5) is 0. The molecule has 3 heteroatoms. The maximum absolute atomic E-state index is 3.84. The summed E-state index contributed by atoms with van der Waals surface area (Å²) in [6.45, 7) is 8.72. The zero-order valence-electron chi connectivity index (χ0n) is 16.9. The Labute approximate surface area is 176 Å². The van der Waals surface area contributed by atoms with Crippen LogP contribution in [0.1, 0.15) is 51.9 Å². The van der Waals surface area contributed by atoms with Gasteiger partial charge in [0, 0.05) is 21.4 Å². The largest absolute Gasteiger partial charge is 0.378 e. The zero-order chi connectivity index (χ0) is 19.8. The third kappa shape index (κ3) is 3.95. The van der Waals surface area contributed by atoms with E-state index in [-0.39, 0.29) is 12.1 Å². The highest BCUT2D eigenvalue weighted by atomic mass is 79.9. The fourth-order valence-electron chi connectivity index (χ4n) is 4.47. The predicted molar refractivity (Wildman–Crippen MR) is 123 cm³/mol. The molecule has 28 heavy (non-hydrogen) atoms. The number of nitrogens with one attached hydrogen (secondary N) is 2. The third-order valence-corrected chi connectivity index (χ3v) is 6.04. The second-order valence-electron chi connectivity index (χ2n) is 8.10. The molecular weight excluding hydrogens is 408 g/mol. The second-order valence-corrected chi connectivity index (χ2v) is 9.02. The molecule has 0 spiro atoms. The van der Waals surface area contributed by atoms with E-state index in [2.05, 4.69) is 109 Å². The van der Waals surface area contributed by atoms with Crippen LogP contribution in [0, 0.1) is 27.7 Å². The molecule has 0 unspecified atom stereocenters. The van der Waals surface area contributed by atoms with Crippen LogP contribution < -0.4 is 10.6 Å². The first-order chi connectivity index (χ1) is 13.4. The van der Waals surface area contributed by atoms with Crippen molar-refractivity contribution in [3.8, 4) is 0 Å². The van der Waals surface area contributed by atoms with Crippen molar-refractivity contribution in [2.45, 2.75) is 46.2 Å². The summed E-state index contributed by atoms with van der Waals surface area (Å²) >= 11 is 3.55. The van der Waals surface area contributed by atoms with Crippen molar-refractivity contribution in [3.05, 3.63) is 92.5 Å². The van der Waals surface area contributed by atoms with Crippen LogP contribution >= 0.6 is 15.9 Å². The van der Waals surface area contributed by atoms with E-state index in [1.54, 1.807) is 0 Å². The molecule has 0 radical (unpaired) electrons. The van der Waals surface area contributed by atoms with Gasteiger partial charge in [0.05, 0.1) is 12.1 Å². The van der Waals surface area contributed by atoms with E-state index >= 15 is 0 Å². The van der Waals surface area contributed by atoms with Crippen LogP contribution in [-0.2, 0) is 0 Å². The molecule has 0 saturated heterocycles. The van der Waals surface area contributed by atoms with Gasteiger partial charge < -0.3 is 10.6 Å². The number of hydrogen-bond acceptors (Lipinski definition) is 2. The average molecular weight is 435 g/mol. The minimum Gasteiger partial charge on any atom is -0.378 e. The summed E-state index contributed by atoms with van der Waals surface area (Å²) in [6, 6.07) is 20.5. The quantitative estimate of drug-likeness (QED) is 0.448. The van der Waals surface area contributed by atoms with Gasteiger partial charge in [-0.3, -0.25) is 0 Å². The number of fused-ring (bicyclic) bond motifs is 1. The van der Waals surface area contributed by atoms with Gasteiger partial charge in [-0.1, -0.05) is 40.2 Å². The van der Waals surface area contributed by atoms with Gasteiger partial charge in [-0.25, -0.2) is 0 Å². The van der Waals surface area contributed by atoms with Crippen molar-refractivity contribution in [1.82, 2.24) is 0 Å². The standard InChI is InChI=1S/C25H27BrN2/c1-15-9-16(2)12-21(11-15)27-24-14-22(19-5-7-20(26)8-6-19)28-23-13-17(3)10-18(4)25(23)24/h5-13,22,24,27-28H,14H2,1-4H3/t22-,24+/m0/s1. The van der Waals surface area contributed by atoms with Gasteiger partial charge in [0.25, 0.3) is 0 Å². The smallest absolute Gasteiger partial charge is 0.0559 e. The number of rotatable bonds is 3. The number of aryl methyl sites for hydroxylation is 4. The van der Waals surface area contributed by atoms with Crippen LogP contribution in [0.4, 0.5) is 11.4 Å². The summed E-state index contributed by atoms with van der Waals surface area (Å²) in [5, 5.41) is 7.64. The van der Waals surface area contributed by atoms with Crippen LogP contribution in [0.25, 0.3) is 0 Å². The Kier molecular flexibility index (Phi) is 5.20. The molecule has 2 atom stereocenters. The molecule has 0 saturated carbocycles. The summed E-state index contributed by atoms with van der Waals surface area (Å²) in [5.41, 5.74) is 10.4. The molecule has 1 aliphatic rings.